The van der Waals surface area contributed by atoms with Crippen LogP contribution >= 0.6 is 0 Å². The molecule has 4 heteroatoms. The van der Waals surface area contributed by atoms with Gasteiger partial charge in [0, 0.05) is 19.6 Å². The van der Waals surface area contributed by atoms with Gasteiger partial charge in [-0.25, -0.2) is 4.39 Å². The highest BCUT2D eigenvalue weighted by Gasteiger charge is 2.40. The maximum atomic E-state index is 13.3. The van der Waals surface area contributed by atoms with E-state index in [2.05, 4.69) is 4.90 Å². The van der Waals surface area contributed by atoms with Gasteiger partial charge < -0.3 is 4.90 Å². The fourth-order valence-electron chi connectivity index (χ4n) is 3.47. The van der Waals surface area contributed by atoms with E-state index in [9.17, 15) is 9.18 Å². The fourth-order valence-corrected chi connectivity index (χ4v) is 3.47. The van der Waals surface area contributed by atoms with E-state index in [0.29, 0.717) is 12.5 Å². The Labute approximate surface area is 119 Å². The number of carbonyl (C=O) groups excluding carboxylic acids is 1. The number of fused-ring (bicyclic) bond motifs is 2. The monoisotopic (exact) mass is 276 g/mol. The predicted molar refractivity (Wildman–Crippen MR) is 75.6 cm³/mol. The molecule has 108 valence electrons. The minimum atomic E-state index is -0.206. The van der Waals surface area contributed by atoms with Gasteiger partial charge in [0.05, 0.1) is 6.04 Å². The summed E-state index contributed by atoms with van der Waals surface area (Å²) >= 11 is 0. The minimum absolute atomic E-state index is 0.00860. The fraction of sp³-hybridized carbons (Fsp3) is 0.562. The molecule has 0 saturated carbocycles. The lowest BCUT2D eigenvalue weighted by Gasteiger charge is -2.46. The van der Waals surface area contributed by atoms with E-state index in [-0.39, 0.29) is 17.8 Å². The summed E-state index contributed by atoms with van der Waals surface area (Å²) in [6.07, 6.45) is 2.10. The molecular weight excluding hydrogens is 255 g/mol. The molecular formula is C16H21FN2O. The van der Waals surface area contributed by atoms with Crippen LogP contribution in [0.25, 0.3) is 0 Å². The molecule has 2 saturated heterocycles. The van der Waals surface area contributed by atoms with E-state index in [1.54, 1.807) is 12.1 Å². The number of hydrogen-bond acceptors (Lipinski definition) is 2. The Bertz CT molecular complexity index is 505. The van der Waals surface area contributed by atoms with E-state index in [0.717, 1.165) is 38.0 Å². The third kappa shape index (κ3) is 2.57. The molecule has 3 rings (SSSR count). The Morgan fingerprint density at radius 3 is 3.00 bits per heavy atom. The van der Waals surface area contributed by atoms with Crippen molar-refractivity contribution < 1.29 is 9.18 Å². The Kier molecular flexibility index (Phi) is 3.74. The van der Waals surface area contributed by atoms with Gasteiger partial charge >= 0.3 is 0 Å². The van der Waals surface area contributed by atoms with Gasteiger partial charge in [0.2, 0.25) is 5.91 Å². The van der Waals surface area contributed by atoms with Crippen LogP contribution in [-0.4, -0.2) is 41.4 Å². The van der Waals surface area contributed by atoms with Crippen molar-refractivity contribution in [1.82, 2.24) is 9.80 Å². The van der Waals surface area contributed by atoms with Gasteiger partial charge in [0.1, 0.15) is 5.82 Å². The van der Waals surface area contributed by atoms with Crippen LogP contribution < -0.4 is 0 Å². The molecule has 1 aromatic carbocycles. The molecule has 0 aromatic heterocycles. The average Bonchev–Trinajstić information content (AvgIpc) is 2.45. The summed E-state index contributed by atoms with van der Waals surface area (Å²) in [5.41, 5.74) is 0.949. The minimum Gasteiger partial charge on any atom is -0.341 e. The summed E-state index contributed by atoms with van der Waals surface area (Å²) in [5, 5.41) is 0. The molecule has 2 heterocycles. The highest BCUT2D eigenvalue weighted by Crippen LogP contribution is 2.30. The SMILES string of the molecule is CCN1C[C@H]2CCN(Cc3cccc(F)c3)[C@H](C2)C1=O. The Balaban J connectivity index is 1.75. The first-order chi connectivity index (χ1) is 9.67. The number of nitrogens with zero attached hydrogens (tertiary/aromatic N) is 2. The van der Waals surface area contributed by atoms with E-state index >= 15 is 0 Å². The van der Waals surface area contributed by atoms with Crippen LogP contribution in [0.1, 0.15) is 25.3 Å². The van der Waals surface area contributed by atoms with E-state index in [1.165, 1.54) is 6.07 Å². The van der Waals surface area contributed by atoms with Crippen LogP contribution in [0.3, 0.4) is 0 Å². The van der Waals surface area contributed by atoms with Crippen molar-refractivity contribution in [2.45, 2.75) is 32.4 Å². The smallest absolute Gasteiger partial charge is 0.239 e. The van der Waals surface area contributed by atoms with Gasteiger partial charge in [0.15, 0.2) is 0 Å². The number of rotatable bonds is 3. The molecule has 2 atom stereocenters. The lowest BCUT2D eigenvalue weighted by molar-refractivity contribution is -0.145. The molecule has 0 radical (unpaired) electrons. The quantitative estimate of drug-likeness (QED) is 0.845. The number of piperidine rings is 2. The zero-order valence-corrected chi connectivity index (χ0v) is 11.9. The summed E-state index contributed by atoms with van der Waals surface area (Å²) in [5.74, 6) is 0.684. The van der Waals surface area contributed by atoms with Gasteiger partial charge in [0.25, 0.3) is 0 Å². The Morgan fingerprint density at radius 1 is 1.40 bits per heavy atom. The molecule has 2 bridgehead atoms. The largest absolute Gasteiger partial charge is 0.341 e. The highest BCUT2D eigenvalue weighted by molar-refractivity contribution is 5.83. The van der Waals surface area contributed by atoms with E-state index in [4.69, 9.17) is 0 Å². The van der Waals surface area contributed by atoms with Crippen LogP contribution in [0.5, 0.6) is 0 Å². The number of benzene rings is 1. The second-order valence-corrected chi connectivity index (χ2v) is 5.88. The van der Waals surface area contributed by atoms with Crippen LogP contribution in [0.2, 0.25) is 0 Å². The molecule has 1 aromatic rings. The first-order valence-corrected chi connectivity index (χ1v) is 7.44. The van der Waals surface area contributed by atoms with Gasteiger partial charge in [-0.2, -0.15) is 0 Å². The first kappa shape index (κ1) is 13.6. The van der Waals surface area contributed by atoms with Crippen LogP contribution in [0.15, 0.2) is 24.3 Å². The zero-order chi connectivity index (χ0) is 14.1. The number of likely N-dealkylation sites (N-methyl/N-ethyl adjacent to an activating group) is 1. The normalized spacial score (nSPS) is 26.9. The second kappa shape index (κ2) is 5.52. The molecule has 0 unspecified atom stereocenters. The number of likely N-dealkylation sites (tertiary alicyclic amines) is 2. The highest BCUT2D eigenvalue weighted by atomic mass is 19.1. The average molecular weight is 276 g/mol. The Morgan fingerprint density at radius 2 is 2.25 bits per heavy atom. The second-order valence-electron chi connectivity index (χ2n) is 5.88. The van der Waals surface area contributed by atoms with E-state index in [1.807, 2.05) is 17.9 Å². The van der Waals surface area contributed by atoms with Crippen molar-refractivity contribution in [2.24, 2.45) is 5.92 Å². The van der Waals surface area contributed by atoms with Crippen LogP contribution in [0, 0.1) is 11.7 Å². The van der Waals surface area contributed by atoms with Gasteiger partial charge in [-0.1, -0.05) is 12.1 Å². The number of carbonyl (C=O) groups is 1. The van der Waals surface area contributed by atoms with Crippen molar-refractivity contribution in [3.8, 4) is 0 Å². The van der Waals surface area contributed by atoms with Gasteiger partial charge in [-0.3, -0.25) is 9.69 Å². The summed E-state index contributed by atoms with van der Waals surface area (Å²) in [7, 11) is 0. The molecule has 0 N–H and O–H groups in total. The Hall–Kier alpha value is -1.42. The number of hydrogen-bond donors (Lipinski definition) is 0. The molecule has 1 amide bonds. The molecule has 20 heavy (non-hydrogen) atoms. The topological polar surface area (TPSA) is 23.6 Å². The summed E-state index contributed by atoms with van der Waals surface area (Å²) in [6.45, 7) is 5.35. The molecule has 2 fully saturated rings. The summed E-state index contributed by atoms with van der Waals surface area (Å²) in [6, 6.07) is 6.68. The number of amides is 1. The third-order valence-electron chi connectivity index (χ3n) is 4.55. The molecule has 3 nitrogen and oxygen atoms in total. The zero-order valence-electron chi connectivity index (χ0n) is 11.9. The standard InChI is InChI=1S/C16H21FN2O/c1-2-18-10-13-6-7-19(15(9-13)16(18)20)11-12-4-3-5-14(17)8-12/h3-5,8,13,15H,2,6-7,9-11H2,1H3/t13-,15+/m0/s1. The molecule has 0 aliphatic carbocycles. The molecule has 0 spiro atoms. The molecule has 2 aliphatic heterocycles. The number of halogens is 1. The van der Waals surface area contributed by atoms with Gasteiger partial charge in [-0.15, -0.1) is 0 Å². The van der Waals surface area contributed by atoms with Crippen LogP contribution in [-0.2, 0) is 11.3 Å². The van der Waals surface area contributed by atoms with Crippen molar-refractivity contribution in [3.05, 3.63) is 35.6 Å². The van der Waals surface area contributed by atoms with Crippen molar-refractivity contribution in [1.29, 1.82) is 0 Å². The molecule has 2 aliphatic rings. The summed E-state index contributed by atoms with van der Waals surface area (Å²) in [4.78, 5) is 16.6. The van der Waals surface area contributed by atoms with Crippen molar-refractivity contribution in [2.75, 3.05) is 19.6 Å². The maximum absolute atomic E-state index is 13.3. The van der Waals surface area contributed by atoms with Crippen LogP contribution in [0.4, 0.5) is 4.39 Å². The lowest BCUT2D eigenvalue weighted by Crippen LogP contribution is -2.58. The maximum Gasteiger partial charge on any atom is 0.239 e. The van der Waals surface area contributed by atoms with E-state index < -0.39 is 0 Å². The lowest BCUT2D eigenvalue weighted by atomic mass is 9.85. The van der Waals surface area contributed by atoms with Crippen molar-refractivity contribution >= 4 is 5.91 Å². The predicted octanol–water partition coefficient (Wildman–Crippen LogP) is 2.27. The van der Waals surface area contributed by atoms with Crippen molar-refractivity contribution in [3.63, 3.8) is 0 Å². The summed E-state index contributed by atoms with van der Waals surface area (Å²) < 4.78 is 13.3. The van der Waals surface area contributed by atoms with Gasteiger partial charge in [-0.05, 0) is 49.9 Å². The first-order valence-electron chi connectivity index (χ1n) is 7.44. The third-order valence-corrected chi connectivity index (χ3v) is 4.55.